The molecule has 1 aromatic rings. The molecular weight excluding hydrogens is 284 g/mol. The molecule has 0 aliphatic carbocycles. The second-order valence-corrected chi connectivity index (χ2v) is 5.31. The van der Waals surface area contributed by atoms with Gasteiger partial charge >= 0.3 is 0 Å². The molecule has 1 heterocycles. The summed E-state index contributed by atoms with van der Waals surface area (Å²) in [6, 6.07) is 7.02. The van der Waals surface area contributed by atoms with Gasteiger partial charge in [0.2, 0.25) is 11.8 Å². The van der Waals surface area contributed by atoms with E-state index in [1.807, 2.05) is 24.3 Å². The monoisotopic (exact) mass is 306 g/mol. The van der Waals surface area contributed by atoms with Crippen molar-refractivity contribution >= 4 is 11.8 Å². The van der Waals surface area contributed by atoms with E-state index < -0.39 is 6.04 Å². The van der Waals surface area contributed by atoms with Crippen molar-refractivity contribution in [2.75, 3.05) is 33.9 Å². The molecule has 1 atom stereocenters. The topological polar surface area (TPSA) is 59.1 Å². The number of hydrogen-bond acceptors (Lipinski definition) is 4. The number of rotatable bonds is 4. The number of carbonyl (C=O) groups is 2. The fourth-order valence-corrected chi connectivity index (χ4v) is 2.61. The molecule has 6 nitrogen and oxygen atoms in total. The van der Waals surface area contributed by atoms with Crippen molar-refractivity contribution in [1.82, 2.24) is 9.80 Å². The van der Waals surface area contributed by atoms with Gasteiger partial charge in [-0.25, -0.2) is 0 Å². The predicted molar refractivity (Wildman–Crippen MR) is 81.5 cm³/mol. The van der Waals surface area contributed by atoms with E-state index in [9.17, 15) is 9.59 Å². The number of ether oxygens (including phenoxy) is 2. The minimum Gasteiger partial charge on any atom is -0.496 e. The summed E-state index contributed by atoms with van der Waals surface area (Å²) in [4.78, 5) is 27.5. The molecule has 1 aliphatic heterocycles. The van der Waals surface area contributed by atoms with Gasteiger partial charge in [0, 0.05) is 32.6 Å². The van der Waals surface area contributed by atoms with Crippen LogP contribution in [0.4, 0.5) is 0 Å². The normalized spacial score (nSPS) is 18.0. The van der Waals surface area contributed by atoms with E-state index in [0.717, 1.165) is 11.3 Å². The van der Waals surface area contributed by atoms with Crippen molar-refractivity contribution in [2.24, 2.45) is 0 Å². The summed E-state index contributed by atoms with van der Waals surface area (Å²) < 4.78 is 10.7. The Labute approximate surface area is 130 Å². The van der Waals surface area contributed by atoms with Gasteiger partial charge in [-0.05, 0) is 6.07 Å². The molecule has 0 radical (unpaired) electrons. The summed E-state index contributed by atoms with van der Waals surface area (Å²) in [5.41, 5.74) is 0.923. The molecule has 1 aliphatic rings. The summed E-state index contributed by atoms with van der Waals surface area (Å²) in [6.45, 7) is 3.07. The first-order chi connectivity index (χ1) is 10.5. The number of hydrogen-bond donors (Lipinski definition) is 0. The van der Waals surface area contributed by atoms with E-state index in [4.69, 9.17) is 9.47 Å². The van der Waals surface area contributed by atoms with Crippen LogP contribution in [0.5, 0.6) is 5.75 Å². The summed E-state index contributed by atoms with van der Waals surface area (Å²) >= 11 is 0. The molecule has 0 saturated carbocycles. The summed E-state index contributed by atoms with van der Waals surface area (Å²) in [7, 11) is 3.33. The molecular formula is C16H22N2O4. The number of para-hydroxylation sites is 1. The maximum absolute atomic E-state index is 12.6. The van der Waals surface area contributed by atoms with E-state index in [1.165, 1.54) is 6.92 Å². The highest BCUT2D eigenvalue weighted by Gasteiger charge is 2.33. The molecule has 22 heavy (non-hydrogen) atoms. The van der Waals surface area contributed by atoms with E-state index >= 15 is 0 Å². The van der Waals surface area contributed by atoms with Gasteiger partial charge in [0.15, 0.2) is 0 Å². The second kappa shape index (κ2) is 7.26. The average molecular weight is 306 g/mol. The van der Waals surface area contributed by atoms with Crippen molar-refractivity contribution < 1.29 is 19.1 Å². The number of nitrogens with zero attached hydrogens (tertiary/aromatic N) is 2. The Morgan fingerprint density at radius 2 is 2.14 bits per heavy atom. The Bertz CT molecular complexity index is 547. The number of likely N-dealkylation sites (N-methyl/N-ethyl adjacent to an activating group) is 1. The molecule has 2 amide bonds. The molecule has 0 aromatic heterocycles. The van der Waals surface area contributed by atoms with Crippen LogP contribution in [0.2, 0.25) is 0 Å². The lowest BCUT2D eigenvalue weighted by Gasteiger charge is -2.36. The van der Waals surface area contributed by atoms with Crippen LogP contribution in [0.1, 0.15) is 12.5 Å². The van der Waals surface area contributed by atoms with Crippen LogP contribution in [-0.2, 0) is 20.9 Å². The van der Waals surface area contributed by atoms with E-state index in [0.29, 0.717) is 19.7 Å². The Morgan fingerprint density at radius 3 is 2.82 bits per heavy atom. The molecule has 0 spiro atoms. The van der Waals surface area contributed by atoms with Crippen molar-refractivity contribution in [2.45, 2.75) is 19.5 Å². The molecule has 1 fully saturated rings. The first-order valence-corrected chi connectivity index (χ1v) is 7.26. The molecule has 2 rings (SSSR count). The SMILES string of the molecule is COc1ccccc1CN(C)C(=O)C1COCCN1C(C)=O. The van der Waals surface area contributed by atoms with Crippen molar-refractivity contribution in [3.63, 3.8) is 0 Å². The lowest BCUT2D eigenvalue weighted by molar-refractivity contribution is -0.152. The minimum atomic E-state index is -0.550. The van der Waals surface area contributed by atoms with Crippen molar-refractivity contribution in [3.8, 4) is 5.75 Å². The number of methoxy groups -OCH3 is 1. The van der Waals surface area contributed by atoms with Gasteiger partial charge in [-0.1, -0.05) is 18.2 Å². The number of carbonyl (C=O) groups excluding carboxylic acids is 2. The summed E-state index contributed by atoms with van der Waals surface area (Å²) in [5, 5.41) is 0. The van der Waals surface area contributed by atoms with Crippen molar-refractivity contribution in [3.05, 3.63) is 29.8 Å². The van der Waals surface area contributed by atoms with Gasteiger partial charge in [0.25, 0.3) is 0 Å². The molecule has 6 heteroatoms. The van der Waals surface area contributed by atoms with Crippen molar-refractivity contribution in [1.29, 1.82) is 0 Å². The largest absolute Gasteiger partial charge is 0.496 e. The molecule has 1 aromatic carbocycles. The second-order valence-electron chi connectivity index (χ2n) is 5.31. The third-order valence-electron chi connectivity index (χ3n) is 3.79. The molecule has 1 unspecified atom stereocenters. The first-order valence-electron chi connectivity index (χ1n) is 7.26. The zero-order chi connectivity index (χ0) is 16.1. The maximum Gasteiger partial charge on any atom is 0.247 e. The number of morpholine rings is 1. The third-order valence-corrected chi connectivity index (χ3v) is 3.79. The highest BCUT2D eigenvalue weighted by Crippen LogP contribution is 2.20. The standard InChI is InChI=1S/C16H22N2O4/c1-12(19)18-8-9-22-11-14(18)16(20)17(2)10-13-6-4-5-7-15(13)21-3/h4-7,14H,8-11H2,1-3H3. The van der Waals surface area contributed by atoms with Crippen LogP contribution < -0.4 is 4.74 Å². The first kappa shape index (κ1) is 16.3. The smallest absolute Gasteiger partial charge is 0.247 e. The van der Waals surface area contributed by atoms with Crippen LogP contribution in [-0.4, -0.2) is 61.6 Å². The van der Waals surface area contributed by atoms with Gasteiger partial charge in [0.1, 0.15) is 11.8 Å². The van der Waals surface area contributed by atoms with Crippen LogP contribution in [0.15, 0.2) is 24.3 Å². The van der Waals surface area contributed by atoms with Crippen LogP contribution >= 0.6 is 0 Å². The zero-order valence-electron chi connectivity index (χ0n) is 13.2. The predicted octanol–water partition coefficient (Wildman–Crippen LogP) is 0.901. The van der Waals surface area contributed by atoms with Gasteiger partial charge in [0.05, 0.1) is 20.3 Å². The molecule has 1 saturated heterocycles. The van der Waals surface area contributed by atoms with Gasteiger partial charge in [-0.2, -0.15) is 0 Å². The molecule has 0 bridgehead atoms. The van der Waals surface area contributed by atoms with Crippen LogP contribution in [0, 0.1) is 0 Å². The Morgan fingerprint density at radius 1 is 1.41 bits per heavy atom. The van der Waals surface area contributed by atoms with Gasteiger partial charge in [-0.15, -0.1) is 0 Å². The summed E-state index contributed by atoms with van der Waals surface area (Å²) in [6.07, 6.45) is 0. The quantitative estimate of drug-likeness (QED) is 0.829. The zero-order valence-corrected chi connectivity index (χ0v) is 13.2. The molecule has 0 N–H and O–H groups in total. The lowest BCUT2D eigenvalue weighted by Crippen LogP contribution is -2.55. The maximum atomic E-state index is 12.6. The highest BCUT2D eigenvalue weighted by molar-refractivity contribution is 5.87. The third kappa shape index (κ3) is 3.57. The summed E-state index contributed by atoms with van der Waals surface area (Å²) in [5.74, 6) is 0.513. The lowest BCUT2D eigenvalue weighted by atomic mass is 10.1. The van der Waals surface area contributed by atoms with Gasteiger partial charge < -0.3 is 19.3 Å². The van der Waals surface area contributed by atoms with Gasteiger partial charge in [-0.3, -0.25) is 9.59 Å². The van der Waals surface area contributed by atoms with Crippen LogP contribution in [0.3, 0.4) is 0 Å². The fourth-order valence-electron chi connectivity index (χ4n) is 2.61. The number of amides is 2. The highest BCUT2D eigenvalue weighted by atomic mass is 16.5. The Hall–Kier alpha value is -2.08. The van der Waals surface area contributed by atoms with E-state index in [1.54, 1.807) is 24.0 Å². The van der Waals surface area contributed by atoms with Crippen LogP contribution in [0.25, 0.3) is 0 Å². The van der Waals surface area contributed by atoms with E-state index in [2.05, 4.69) is 0 Å². The fraction of sp³-hybridized carbons (Fsp3) is 0.500. The number of benzene rings is 1. The molecule has 120 valence electrons. The Balaban J connectivity index is 2.09. The average Bonchev–Trinajstić information content (AvgIpc) is 2.54. The van der Waals surface area contributed by atoms with E-state index in [-0.39, 0.29) is 18.4 Å². The Kier molecular flexibility index (Phi) is 5.38. The minimum absolute atomic E-state index is 0.104.